The van der Waals surface area contributed by atoms with Crippen LogP contribution >= 0.6 is 0 Å². The highest BCUT2D eigenvalue weighted by Crippen LogP contribution is 2.06. The lowest BCUT2D eigenvalue weighted by molar-refractivity contribution is -0.142. The predicted molar refractivity (Wildman–Crippen MR) is 65.8 cm³/mol. The van der Waals surface area contributed by atoms with E-state index in [1.165, 1.54) is 0 Å². The van der Waals surface area contributed by atoms with Crippen LogP contribution in [0.5, 0.6) is 0 Å². The maximum atomic E-state index is 11.6. The SMILES string of the molecule is Nc1ccc(CC(=O)N[C@H](CCO)C(=O)O)cc1. The van der Waals surface area contributed by atoms with Crippen LogP contribution in [-0.4, -0.2) is 34.7 Å². The number of nitrogen functional groups attached to an aromatic ring is 1. The summed E-state index contributed by atoms with van der Waals surface area (Å²) in [5.74, 6) is -1.56. The maximum Gasteiger partial charge on any atom is 0.326 e. The van der Waals surface area contributed by atoms with Crippen molar-refractivity contribution in [3.8, 4) is 0 Å². The molecule has 1 atom stereocenters. The number of carboxylic acid groups (broad SMARTS) is 1. The van der Waals surface area contributed by atoms with Crippen LogP contribution in [0, 0.1) is 0 Å². The Bertz CT molecular complexity index is 417. The zero-order valence-corrected chi connectivity index (χ0v) is 9.80. The first kappa shape index (κ1) is 14.0. The first-order valence-corrected chi connectivity index (χ1v) is 5.50. The Morgan fingerprint density at radius 3 is 2.39 bits per heavy atom. The molecule has 0 aliphatic heterocycles. The van der Waals surface area contributed by atoms with Crippen LogP contribution in [0.25, 0.3) is 0 Å². The quantitative estimate of drug-likeness (QED) is 0.522. The predicted octanol–water partition coefficient (Wildman–Crippen LogP) is -0.237. The van der Waals surface area contributed by atoms with E-state index >= 15 is 0 Å². The highest BCUT2D eigenvalue weighted by atomic mass is 16.4. The summed E-state index contributed by atoms with van der Waals surface area (Å²) in [5.41, 5.74) is 6.86. The molecular weight excluding hydrogens is 236 g/mol. The van der Waals surface area contributed by atoms with E-state index in [2.05, 4.69) is 5.32 Å². The number of nitrogens with one attached hydrogen (secondary N) is 1. The maximum absolute atomic E-state index is 11.6. The molecule has 0 aliphatic carbocycles. The van der Waals surface area contributed by atoms with Crippen LogP contribution in [-0.2, 0) is 16.0 Å². The fourth-order valence-electron chi connectivity index (χ4n) is 1.45. The minimum atomic E-state index is -1.16. The first-order valence-electron chi connectivity index (χ1n) is 5.50. The van der Waals surface area contributed by atoms with Gasteiger partial charge in [-0.2, -0.15) is 0 Å². The van der Waals surface area contributed by atoms with Gasteiger partial charge in [0.2, 0.25) is 5.91 Å². The molecule has 0 fully saturated rings. The fraction of sp³-hybridized carbons (Fsp3) is 0.333. The molecule has 0 spiro atoms. The Hall–Kier alpha value is -2.08. The van der Waals surface area contributed by atoms with Crippen molar-refractivity contribution in [2.45, 2.75) is 18.9 Å². The second kappa shape index (κ2) is 6.61. The molecule has 0 aromatic heterocycles. The van der Waals surface area contributed by atoms with Crippen molar-refractivity contribution in [2.24, 2.45) is 0 Å². The number of aliphatic hydroxyl groups is 1. The molecule has 0 saturated carbocycles. The molecule has 5 N–H and O–H groups in total. The van der Waals surface area contributed by atoms with Crippen molar-refractivity contribution in [2.75, 3.05) is 12.3 Å². The molecule has 0 heterocycles. The van der Waals surface area contributed by atoms with Crippen molar-refractivity contribution in [3.05, 3.63) is 29.8 Å². The number of carbonyl (C=O) groups is 2. The molecule has 98 valence electrons. The van der Waals surface area contributed by atoms with Crippen LogP contribution in [0.4, 0.5) is 5.69 Å². The summed E-state index contributed by atoms with van der Waals surface area (Å²) < 4.78 is 0. The molecule has 0 radical (unpaired) electrons. The van der Waals surface area contributed by atoms with E-state index in [1.54, 1.807) is 24.3 Å². The third kappa shape index (κ3) is 4.42. The lowest BCUT2D eigenvalue weighted by Crippen LogP contribution is -2.42. The topological polar surface area (TPSA) is 113 Å². The number of carbonyl (C=O) groups excluding carboxylic acids is 1. The minimum absolute atomic E-state index is 0.0111. The van der Waals surface area contributed by atoms with Gasteiger partial charge in [-0.1, -0.05) is 12.1 Å². The summed E-state index contributed by atoms with van der Waals surface area (Å²) >= 11 is 0. The highest BCUT2D eigenvalue weighted by molar-refractivity contribution is 5.84. The number of hydrogen-bond acceptors (Lipinski definition) is 4. The van der Waals surface area contributed by atoms with Crippen LogP contribution in [0.3, 0.4) is 0 Å². The van der Waals surface area contributed by atoms with Gasteiger partial charge in [0.25, 0.3) is 0 Å². The Balaban J connectivity index is 2.54. The zero-order valence-electron chi connectivity index (χ0n) is 9.80. The van der Waals surface area contributed by atoms with Gasteiger partial charge in [-0.3, -0.25) is 4.79 Å². The largest absolute Gasteiger partial charge is 0.480 e. The Morgan fingerprint density at radius 1 is 1.28 bits per heavy atom. The molecule has 1 aromatic rings. The zero-order chi connectivity index (χ0) is 13.5. The Kier molecular flexibility index (Phi) is 5.13. The number of amides is 1. The standard InChI is InChI=1S/C12H16N2O4/c13-9-3-1-8(2-4-9)7-11(16)14-10(5-6-15)12(17)18/h1-4,10,15H,5-7,13H2,(H,14,16)(H,17,18)/t10-/m1/s1. The summed E-state index contributed by atoms with van der Waals surface area (Å²) in [6, 6.07) is 5.69. The third-order valence-electron chi connectivity index (χ3n) is 2.40. The normalized spacial score (nSPS) is 11.8. The monoisotopic (exact) mass is 252 g/mol. The second-order valence-electron chi connectivity index (χ2n) is 3.89. The molecule has 1 aromatic carbocycles. The molecule has 0 unspecified atom stereocenters. The van der Waals surface area contributed by atoms with Gasteiger partial charge in [-0.05, 0) is 17.7 Å². The van der Waals surface area contributed by atoms with Gasteiger partial charge in [-0.25, -0.2) is 4.79 Å². The molecule has 6 nitrogen and oxygen atoms in total. The number of benzene rings is 1. The molecule has 1 amide bonds. The highest BCUT2D eigenvalue weighted by Gasteiger charge is 2.18. The van der Waals surface area contributed by atoms with Crippen molar-refractivity contribution in [1.29, 1.82) is 0 Å². The number of carboxylic acids is 1. The lowest BCUT2D eigenvalue weighted by atomic mass is 10.1. The van der Waals surface area contributed by atoms with Crippen molar-refractivity contribution in [1.82, 2.24) is 5.32 Å². The smallest absolute Gasteiger partial charge is 0.326 e. The van der Waals surface area contributed by atoms with Crippen molar-refractivity contribution in [3.63, 3.8) is 0 Å². The van der Waals surface area contributed by atoms with E-state index in [0.717, 1.165) is 5.56 Å². The van der Waals surface area contributed by atoms with Crippen molar-refractivity contribution < 1.29 is 19.8 Å². The lowest BCUT2D eigenvalue weighted by Gasteiger charge is -2.13. The number of aliphatic carboxylic acids is 1. The molecule has 18 heavy (non-hydrogen) atoms. The van der Waals surface area contributed by atoms with E-state index < -0.39 is 17.9 Å². The number of anilines is 1. The average molecular weight is 252 g/mol. The summed E-state index contributed by atoms with van der Waals surface area (Å²) in [6.45, 7) is -0.293. The van der Waals surface area contributed by atoms with Crippen LogP contribution in [0.2, 0.25) is 0 Å². The molecule has 0 saturated heterocycles. The second-order valence-corrected chi connectivity index (χ2v) is 3.89. The average Bonchev–Trinajstić information content (AvgIpc) is 2.31. The number of nitrogens with two attached hydrogens (primary N) is 1. The number of aliphatic hydroxyl groups excluding tert-OH is 1. The summed E-state index contributed by atoms with van der Waals surface area (Å²) in [7, 11) is 0. The Morgan fingerprint density at radius 2 is 1.89 bits per heavy atom. The first-order chi connectivity index (χ1) is 8.52. The van der Waals surface area contributed by atoms with Crippen LogP contribution in [0.15, 0.2) is 24.3 Å². The van der Waals surface area contributed by atoms with Crippen molar-refractivity contribution >= 4 is 17.6 Å². The molecule has 0 aliphatic rings. The van der Waals surface area contributed by atoms with Gasteiger partial charge in [0.15, 0.2) is 0 Å². The fourth-order valence-corrected chi connectivity index (χ4v) is 1.45. The van der Waals surface area contributed by atoms with E-state index in [9.17, 15) is 9.59 Å². The van der Waals surface area contributed by atoms with Gasteiger partial charge < -0.3 is 21.3 Å². The van der Waals surface area contributed by atoms with E-state index in [1.807, 2.05) is 0 Å². The number of rotatable bonds is 6. The van der Waals surface area contributed by atoms with Gasteiger partial charge >= 0.3 is 5.97 Å². The molecular formula is C12H16N2O4. The van der Waals surface area contributed by atoms with Gasteiger partial charge in [0, 0.05) is 18.7 Å². The third-order valence-corrected chi connectivity index (χ3v) is 2.40. The van der Waals surface area contributed by atoms with Gasteiger partial charge in [0.05, 0.1) is 6.42 Å². The van der Waals surface area contributed by atoms with Gasteiger partial charge in [-0.15, -0.1) is 0 Å². The summed E-state index contributed by atoms with van der Waals surface area (Å²) in [4.78, 5) is 22.4. The van der Waals surface area contributed by atoms with Crippen LogP contribution in [0.1, 0.15) is 12.0 Å². The number of hydrogen-bond donors (Lipinski definition) is 4. The van der Waals surface area contributed by atoms with E-state index in [-0.39, 0.29) is 19.4 Å². The summed E-state index contributed by atoms with van der Waals surface area (Å²) in [5, 5.41) is 19.9. The minimum Gasteiger partial charge on any atom is -0.480 e. The van der Waals surface area contributed by atoms with Gasteiger partial charge in [0.1, 0.15) is 6.04 Å². The van der Waals surface area contributed by atoms with Crippen LogP contribution < -0.4 is 11.1 Å². The molecule has 0 bridgehead atoms. The Labute approximate surface area is 104 Å². The van der Waals surface area contributed by atoms with E-state index in [4.69, 9.17) is 15.9 Å². The molecule has 1 rings (SSSR count). The molecule has 6 heteroatoms. The summed E-state index contributed by atoms with van der Waals surface area (Å²) in [6.07, 6.45) is 0.0678. The van der Waals surface area contributed by atoms with E-state index in [0.29, 0.717) is 5.69 Å².